The molecule has 0 bridgehead atoms. The molecule has 1 saturated carbocycles. The van der Waals surface area contributed by atoms with E-state index in [2.05, 4.69) is 37.1 Å². The molecule has 1 saturated heterocycles. The number of Topliss-reactive ketones (excluding diaryl/α,β-unsaturated/α-hetero) is 1. The van der Waals surface area contributed by atoms with Gasteiger partial charge in [-0.15, -0.1) is 0 Å². The highest BCUT2D eigenvalue weighted by Crippen LogP contribution is 2.32. The molecule has 208 valence electrons. The van der Waals surface area contributed by atoms with Gasteiger partial charge in [0.25, 0.3) is 0 Å². The number of pyridine rings is 1. The zero-order valence-electron chi connectivity index (χ0n) is 23.2. The molecule has 3 rings (SSSR count). The van der Waals surface area contributed by atoms with Crippen LogP contribution in [-0.2, 0) is 27.3 Å². The number of aryl methyl sites for hydroxylation is 1. The van der Waals surface area contributed by atoms with E-state index in [0.29, 0.717) is 57.5 Å². The van der Waals surface area contributed by atoms with Crippen molar-refractivity contribution in [1.82, 2.24) is 15.2 Å². The lowest BCUT2D eigenvalue weighted by atomic mass is 9.82. The summed E-state index contributed by atoms with van der Waals surface area (Å²) in [6.07, 6.45) is 5.44. The molecule has 0 radical (unpaired) electrons. The summed E-state index contributed by atoms with van der Waals surface area (Å²) in [7, 11) is 1.68. The molecule has 2 heterocycles. The van der Waals surface area contributed by atoms with E-state index in [9.17, 15) is 14.7 Å². The average Bonchev–Trinajstić information content (AvgIpc) is 3.74. The fraction of sp³-hybridized carbons (Fsp3) is 0.759. The summed E-state index contributed by atoms with van der Waals surface area (Å²) in [5, 5.41) is 13.1. The van der Waals surface area contributed by atoms with E-state index < -0.39 is 0 Å². The molecule has 3 atom stereocenters. The smallest absolute Gasteiger partial charge is 0.227 e. The van der Waals surface area contributed by atoms with Gasteiger partial charge in [-0.1, -0.05) is 20.8 Å². The Labute approximate surface area is 222 Å². The predicted octanol–water partition coefficient (Wildman–Crippen LogP) is 3.39. The molecular formula is C29H47N3O5. The summed E-state index contributed by atoms with van der Waals surface area (Å²) >= 11 is 0. The quantitative estimate of drug-likeness (QED) is 0.324. The van der Waals surface area contributed by atoms with E-state index in [-0.39, 0.29) is 42.1 Å². The standard InChI is InChI=1S/C29H47N3O5/c1-5-25-12-21(14-28(31-25)37-10-6-9-36-4)18-32(26-7-8-26)29(35)24-15-23(16-30-17-24)27(34)13-22(19-33)11-20(2)3/h12,14,20,22-24,26,30,33H,5-11,13,15-19H2,1-4H3/t22?,23-,24+/m0/s1. The summed E-state index contributed by atoms with van der Waals surface area (Å²) < 4.78 is 11.0. The molecule has 1 unspecified atom stereocenters. The van der Waals surface area contributed by atoms with Gasteiger partial charge >= 0.3 is 0 Å². The van der Waals surface area contributed by atoms with E-state index in [0.717, 1.165) is 43.4 Å². The van der Waals surface area contributed by atoms with Crippen LogP contribution in [0.15, 0.2) is 12.1 Å². The number of ether oxygens (including phenoxy) is 2. The number of aliphatic hydroxyl groups is 1. The minimum atomic E-state index is -0.210. The molecule has 37 heavy (non-hydrogen) atoms. The van der Waals surface area contributed by atoms with Crippen LogP contribution in [0.2, 0.25) is 0 Å². The van der Waals surface area contributed by atoms with Crippen LogP contribution in [0.4, 0.5) is 0 Å². The lowest BCUT2D eigenvalue weighted by Gasteiger charge is -2.33. The molecule has 2 N–H and O–H groups in total. The van der Waals surface area contributed by atoms with E-state index in [1.54, 1.807) is 7.11 Å². The van der Waals surface area contributed by atoms with E-state index in [4.69, 9.17) is 9.47 Å². The Balaban J connectivity index is 1.65. The number of methoxy groups -OCH3 is 1. The van der Waals surface area contributed by atoms with Crippen molar-refractivity contribution in [3.63, 3.8) is 0 Å². The summed E-state index contributed by atoms with van der Waals surface area (Å²) in [5.74, 6) is 0.942. The molecule has 2 fully saturated rings. The van der Waals surface area contributed by atoms with Crippen LogP contribution >= 0.6 is 0 Å². The molecule has 2 aliphatic rings. The van der Waals surface area contributed by atoms with Crippen molar-refractivity contribution in [2.24, 2.45) is 23.7 Å². The number of carbonyl (C=O) groups excluding carboxylic acids is 2. The summed E-state index contributed by atoms with van der Waals surface area (Å²) in [5.41, 5.74) is 1.98. The molecule has 1 aromatic rings. The van der Waals surface area contributed by atoms with Crippen molar-refractivity contribution in [1.29, 1.82) is 0 Å². The number of carbonyl (C=O) groups is 2. The fourth-order valence-corrected chi connectivity index (χ4v) is 5.27. The molecule has 0 spiro atoms. The largest absolute Gasteiger partial charge is 0.478 e. The van der Waals surface area contributed by atoms with E-state index in [1.165, 1.54) is 0 Å². The minimum absolute atomic E-state index is 0.00287. The summed E-state index contributed by atoms with van der Waals surface area (Å²) in [6.45, 7) is 9.24. The molecule has 0 aromatic carbocycles. The second kappa shape index (κ2) is 14.8. The number of hydrogen-bond donors (Lipinski definition) is 2. The first-order valence-electron chi connectivity index (χ1n) is 14.1. The van der Waals surface area contributed by atoms with Gasteiger partial charge in [-0.25, -0.2) is 4.98 Å². The highest BCUT2D eigenvalue weighted by molar-refractivity contribution is 5.84. The highest BCUT2D eigenvalue weighted by atomic mass is 16.5. The van der Waals surface area contributed by atoms with Crippen molar-refractivity contribution in [3.8, 4) is 5.88 Å². The summed E-state index contributed by atoms with van der Waals surface area (Å²) in [4.78, 5) is 33.4. The highest BCUT2D eigenvalue weighted by Gasteiger charge is 2.39. The fourth-order valence-electron chi connectivity index (χ4n) is 5.27. The number of rotatable bonds is 16. The van der Waals surface area contributed by atoms with Crippen molar-refractivity contribution >= 4 is 11.7 Å². The van der Waals surface area contributed by atoms with Crippen molar-refractivity contribution in [2.45, 2.75) is 78.3 Å². The van der Waals surface area contributed by atoms with E-state index in [1.807, 2.05) is 11.0 Å². The monoisotopic (exact) mass is 517 g/mol. The van der Waals surface area contributed by atoms with Gasteiger partial charge in [-0.3, -0.25) is 9.59 Å². The third-order valence-electron chi connectivity index (χ3n) is 7.35. The van der Waals surface area contributed by atoms with Gasteiger partial charge in [0.05, 0.1) is 12.5 Å². The SMILES string of the molecule is CCc1cc(CN(C(=O)[C@H]2CNC[C@@H](C(=O)CC(CO)CC(C)C)C2)C2CC2)cc(OCCCOC)n1. The Hall–Kier alpha value is -2.03. The molecule has 8 nitrogen and oxygen atoms in total. The van der Waals surface area contributed by atoms with Crippen LogP contribution in [0.5, 0.6) is 5.88 Å². The number of aliphatic hydroxyl groups excluding tert-OH is 1. The third-order valence-corrected chi connectivity index (χ3v) is 7.35. The van der Waals surface area contributed by atoms with Crippen LogP contribution in [0.1, 0.15) is 70.6 Å². The number of aromatic nitrogens is 1. The Morgan fingerprint density at radius 2 is 1.95 bits per heavy atom. The topological polar surface area (TPSA) is 101 Å². The molecular weight excluding hydrogens is 470 g/mol. The molecule has 8 heteroatoms. The Morgan fingerprint density at radius 1 is 1.19 bits per heavy atom. The normalized spacial score (nSPS) is 20.6. The minimum Gasteiger partial charge on any atom is -0.478 e. The lowest BCUT2D eigenvalue weighted by Crippen LogP contribution is -2.48. The summed E-state index contributed by atoms with van der Waals surface area (Å²) in [6, 6.07) is 4.28. The first-order valence-corrected chi connectivity index (χ1v) is 14.1. The van der Waals surface area contributed by atoms with Crippen LogP contribution in [0, 0.1) is 23.7 Å². The average molecular weight is 518 g/mol. The maximum atomic E-state index is 13.7. The second-order valence-electron chi connectivity index (χ2n) is 11.2. The molecule has 1 aliphatic carbocycles. The number of nitrogens with zero attached hydrogens (tertiary/aromatic N) is 2. The van der Waals surface area contributed by atoms with Crippen LogP contribution in [0.25, 0.3) is 0 Å². The van der Waals surface area contributed by atoms with Crippen molar-refractivity contribution < 1.29 is 24.2 Å². The zero-order chi connectivity index (χ0) is 26.8. The van der Waals surface area contributed by atoms with Crippen LogP contribution < -0.4 is 10.1 Å². The number of ketones is 1. The first-order chi connectivity index (χ1) is 17.8. The van der Waals surface area contributed by atoms with Crippen LogP contribution in [0.3, 0.4) is 0 Å². The lowest BCUT2D eigenvalue weighted by molar-refractivity contribution is -0.138. The van der Waals surface area contributed by atoms with Gasteiger partial charge in [-0.2, -0.15) is 0 Å². The van der Waals surface area contributed by atoms with Crippen molar-refractivity contribution in [2.75, 3.05) is 40.0 Å². The predicted molar refractivity (Wildman–Crippen MR) is 143 cm³/mol. The van der Waals surface area contributed by atoms with Gasteiger partial charge in [0, 0.05) is 76.5 Å². The molecule has 1 amide bonds. The third kappa shape index (κ3) is 9.34. The Bertz CT molecular complexity index is 873. The number of amides is 1. The Kier molecular flexibility index (Phi) is 11.8. The molecule has 1 aromatic heterocycles. The van der Waals surface area contributed by atoms with Crippen molar-refractivity contribution in [3.05, 3.63) is 23.4 Å². The number of piperidine rings is 1. The Morgan fingerprint density at radius 3 is 2.59 bits per heavy atom. The van der Waals surface area contributed by atoms with Gasteiger partial charge in [0.2, 0.25) is 11.8 Å². The van der Waals surface area contributed by atoms with Gasteiger partial charge in [-0.05, 0) is 55.6 Å². The van der Waals surface area contributed by atoms with Crippen LogP contribution in [-0.4, -0.2) is 72.7 Å². The number of nitrogens with one attached hydrogen (secondary N) is 1. The van der Waals surface area contributed by atoms with Gasteiger partial charge in [0.1, 0.15) is 5.78 Å². The van der Waals surface area contributed by atoms with E-state index >= 15 is 0 Å². The molecule has 1 aliphatic heterocycles. The van der Waals surface area contributed by atoms with Gasteiger partial charge < -0.3 is 24.8 Å². The van der Waals surface area contributed by atoms with Gasteiger partial charge in [0.15, 0.2) is 0 Å². The number of hydrogen-bond acceptors (Lipinski definition) is 7. The maximum Gasteiger partial charge on any atom is 0.227 e. The second-order valence-corrected chi connectivity index (χ2v) is 11.2. The maximum absolute atomic E-state index is 13.7. The first kappa shape index (κ1) is 29.5. The zero-order valence-corrected chi connectivity index (χ0v) is 23.2.